The molecule has 0 spiro atoms. The van der Waals surface area contributed by atoms with Gasteiger partial charge in [0.05, 0.1) is 10.8 Å². The summed E-state index contributed by atoms with van der Waals surface area (Å²) in [5.41, 5.74) is 2.05. The molecule has 5 nitrogen and oxygen atoms in total. The minimum Gasteiger partial charge on any atom is -0.372 e. The zero-order chi connectivity index (χ0) is 19.3. The van der Waals surface area contributed by atoms with Gasteiger partial charge in [0.1, 0.15) is 0 Å². The van der Waals surface area contributed by atoms with E-state index >= 15 is 0 Å². The number of nitrogens with zero attached hydrogens (tertiary/aromatic N) is 2. The van der Waals surface area contributed by atoms with Gasteiger partial charge in [-0.1, -0.05) is 6.07 Å². The van der Waals surface area contributed by atoms with Crippen molar-refractivity contribution in [1.29, 1.82) is 0 Å². The lowest BCUT2D eigenvalue weighted by Gasteiger charge is -2.32. The number of likely N-dealkylation sites (tertiary alicyclic amines) is 1. The molecule has 28 heavy (non-hydrogen) atoms. The van der Waals surface area contributed by atoms with Crippen LogP contribution in [-0.4, -0.2) is 42.9 Å². The van der Waals surface area contributed by atoms with Crippen molar-refractivity contribution >= 4 is 34.5 Å². The Balaban J connectivity index is 1.34. The topological polar surface area (TPSA) is 52.7 Å². The molecule has 2 saturated heterocycles. The van der Waals surface area contributed by atoms with E-state index in [0.717, 1.165) is 43.0 Å². The zero-order valence-electron chi connectivity index (χ0n) is 16.1. The Labute approximate surface area is 170 Å². The number of carbonyl (C=O) groups excluding carboxylic acids is 2. The van der Waals surface area contributed by atoms with Crippen LogP contribution in [0.3, 0.4) is 0 Å². The number of nitrogens with one attached hydrogen (secondary N) is 1. The predicted octanol–water partition coefficient (Wildman–Crippen LogP) is 4.23. The molecule has 1 atom stereocenters. The number of amides is 2. The van der Waals surface area contributed by atoms with Gasteiger partial charge in [0.15, 0.2) is 0 Å². The molecule has 0 bridgehead atoms. The minimum atomic E-state index is -0.153. The summed E-state index contributed by atoms with van der Waals surface area (Å²) < 4.78 is 0. The molecule has 2 amide bonds. The summed E-state index contributed by atoms with van der Waals surface area (Å²) in [6.45, 7) is 3.45. The van der Waals surface area contributed by atoms with E-state index in [4.69, 9.17) is 0 Å². The maximum atomic E-state index is 12.8. The van der Waals surface area contributed by atoms with Crippen molar-refractivity contribution in [3.8, 4) is 0 Å². The number of anilines is 2. The van der Waals surface area contributed by atoms with Crippen molar-refractivity contribution in [2.24, 2.45) is 5.92 Å². The first-order valence-corrected chi connectivity index (χ1v) is 11.1. The number of hydrogen-bond donors (Lipinski definition) is 1. The summed E-state index contributed by atoms with van der Waals surface area (Å²) in [7, 11) is 0. The SMILES string of the molecule is O=C(Nc1ccc(N2CCCCC2)cc1)C1CCCN(C(=O)c2cccs2)C1. The molecule has 2 aromatic rings. The fraction of sp³-hybridized carbons (Fsp3) is 0.455. The van der Waals surface area contributed by atoms with Gasteiger partial charge < -0.3 is 15.1 Å². The molecule has 6 heteroatoms. The number of rotatable bonds is 4. The second-order valence-corrected chi connectivity index (χ2v) is 8.60. The number of benzene rings is 1. The first-order chi connectivity index (χ1) is 13.7. The molecule has 1 aromatic heterocycles. The molecular weight excluding hydrogens is 370 g/mol. The van der Waals surface area contributed by atoms with E-state index in [2.05, 4.69) is 22.3 Å². The van der Waals surface area contributed by atoms with E-state index in [1.807, 2.05) is 34.5 Å². The Hall–Kier alpha value is -2.34. The molecule has 4 rings (SSSR count). The molecule has 2 aliphatic heterocycles. The Morgan fingerprint density at radius 2 is 1.75 bits per heavy atom. The first-order valence-electron chi connectivity index (χ1n) is 10.2. The maximum absolute atomic E-state index is 12.8. The number of piperidine rings is 2. The van der Waals surface area contributed by atoms with E-state index in [-0.39, 0.29) is 17.7 Å². The molecule has 1 N–H and O–H groups in total. The smallest absolute Gasteiger partial charge is 0.263 e. The third-order valence-electron chi connectivity index (χ3n) is 5.67. The average molecular weight is 398 g/mol. The van der Waals surface area contributed by atoms with Crippen molar-refractivity contribution in [2.75, 3.05) is 36.4 Å². The monoisotopic (exact) mass is 397 g/mol. The normalized spacial score (nSPS) is 20.1. The van der Waals surface area contributed by atoms with Crippen LogP contribution >= 0.6 is 11.3 Å². The molecule has 2 aliphatic rings. The molecule has 148 valence electrons. The molecule has 1 unspecified atom stereocenters. The highest BCUT2D eigenvalue weighted by Crippen LogP contribution is 2.24. The largest absolute Gasteiger partial charge is 0.372 e. The van der Waals surface area contributed by atoms with Crippen LogP contribution in [0.1, 0.15) is 41.8 Å². The standard InChI is InChI=1S/C22H27N3O2S/c26-21(17-6-4-14-25(16-17)22(27)20-7-5-15-28-20)23-18-8-10-19(11-9-18)24-12-2-1-3-13-24/h5,7-11,15,17H,1-4,6,12-14,16H2,(H,23,26). The van der Waals surface area contributed by atoms with Crippen LogP contribution in [0.15, 0.2) is 41.8 Å². The fourth-order valence-electron chi connectivity index (χ4n) is 4.08. The van der Waals surface area contributed by atoms with Gasteiger partial charge in [-0.15, -0.1) is 11.3 Å². The van der Waals surface area contributed by atoms with Crippen LogP contribution in [0.4, 0.5) is 11.4 Å². The van der Waals surface area contributed by atoms with Gasteiger partial charge in [-0.3, -0.25) is 9.59 Å². The van der Waals surface area contributed by atoms with Gasteiger partial charge in [0, 0.05) is 37.6 Å². The zero-order valence-corrected chi connectivity index (χ0v) is 16.9. The maximum Gasteiger partial charge on any atom is 0.263 e. The highest BCUT2D eigenvalue weighted by molar-refractivity contribution is 7.12. The van der Waals surface area contributed by atoms with Gasteiger partial charge in [0.2, 0.25) is 5.91 Å². The van der Waals surface area contributed by atoms with Crippen molar-refractivity contribution < 1.29 is 9.59 Å². The summed E-state index contributed by atoms with van der Waals surface area (Å²) in [6.07, 6.45) is 5.51. The second-order valence-electron chi connectivity index (χ2n) is 7.65. The van der Waals surface area contributed by atoms with Crippen molar-refractivity contribution in [3.63, 3.8) is 0 Å². The fourth-order valence-corrected chi connectivity index (χ4v) is 4.77. The van der Waals surface area contributed by atoms with Gasteiger partial charge in [0.25, 0.3) is 5.91 Å². The third kappa shape index (κ3) is 4.38. The Bertz CT molecular complexity index is 798. The highest BCUT2D eigenvalue weighted by atomic mass is 32.1. The number of carbonyl (C=O) groups is 2. The Morgan fingerprint density at radius 3 is 2.46 bits per heavy atom. The van der Waals surface area contributed by atoms with Crippen LogP contribution < -0.4 is 10.2 Å². The summed E-state index contributed by atoms with van der Waals surface area (Å²) >= 11 is 1.45. The molecule has 0 aliphatic carbocycles. The van der Waals surface area contributed by atoms with Crippen LogP contribution in [0.25, 0.3) is 0 Å². The number of hydrogen-bond acceptors (Lipinski definition) is 4. The average Bonchev–Trinajstić information content (AvgIpc) is 3.29. The molecule has 3 heterocycles. The van der Waals surface area contributed by atoms with Crippen LogP contribution in [0.5, 0.6) is 0 Å². The van der Waals surface area contributed by atoms with E-state index in [1.165, 1.54) is 36.3 Å². The quantitative estimate of drug-likeness (QED) is 0.840. The number of thiophene rings is 1. The van der Waals surface area contributed by atoms with Crippen LogP contribution in [0, 0.1) is 5.92 Å². The van der Waals surface area contributed by atoms with Crippen molar-refractivity contribution in [3.05, 3.63) is 46.7 Å². The predicted molar refractivity (Wildman–Crippen MR) is 114 cm³/mol. The summed E-state index contributed by atoms with van der Waals surface area (Å²) in [4.78, 5) is 30.3. The third-order valence-corrected chi connectivity index (χ3v) is 6.53. The first kappa shape index (κ1) is 19.0. The lowest BCUT2D eigenvalue weighted by molar-refractivity contribution is -0.121. The van der Waals surface area contributed by atoms with E-state index in [9.17, 15) is 9.59 Å². The molecule has 0 radical (unpaired) electrons. The molecule has 2 fully saturated rings. The minimum absolute atomic E-state index is 0.00871. The second kappa shape index (κ2) is 8.78. The van der Waals surface area contributed by atoms with Crippen molar-refractivity contribution in [2.45, 2.75) is 32.1 Å². The van der Waals surface area contributed by atoms with Gasteiger partial charge in [-0.25, -0.2) is 0 Å². The Morgan fingerprint density at radius 1 is 0.964 bits per heavy atom. The lowest BCUT2D eigenvalue weighted by Crippen LogP contribution is -2.43. The van der Waals surface area contributed by atoms with Gasteiger partial charge >= 0.3 is 0 Å². The van der Waals surface area contributed by atoms with Gasteiger partial charge in [-0.2, -0.15) is 0 Å². The van der Waals surface area contributed by atoms with E-state index in [1.54, 1.807) is 0 Å². The van der Waals surface area contributed by atoms with Gasteiger partial charge in [-0.05, 0) is 67.8 Å². The van der Waals surface area contributed by atoms with E-state index in [0.29, 0.717) is 6.54 Å². The van der Waals surface area contributed by atoms with Crippen molar-refractivity contribution in [1.82, 2.24) is 4.90 Å². The highest BCUT2D eigenvalue weighted by Gasteiger charge is 2.29. The molecule has 1 aromatic carbocycles. The Kier molecular flexibility index (Phi) is 5.95. The van der Waals surface area contributed by atoms with E-state index < -0.39 is 0 Å². The summed E-state index contributed by atoms with van der Waals surface area (Å²) in [5, 5.41) is 4.95. The summed E-state index contributed by atoms with van der Waals surface area (Å²) in [5.74, 6) is -0.104. The lowest BCUT2D eigenvalue weighted by atomic mass is 9.97. The molecule has 0 saturated carbocycles. The summed E-state index contributed by atoms with van der Waals surface area (Å²) in [6, 6.07) is 11.9. The molecular formula is C22H27N3O2S. The van der Waals surface area contributed by atoms with Crippen LogP contribution in [-0.2, 0) is 4.79 Å². The van der Waals surface area contributed by atoms with Crippen LogP contribution in [0.2, 0.25) is 0 Å².